The first-order valence-corrected chi connectivity index (χ1v) is 24.0. The lowest BCUT2D eigenvalue weighted by Crippen LogP contribution is -2.43. The normalized spacial score (nSPS) is 12.3. The molecule has 6 rings (SSSR count). The molecule has 0 spiro atoms. The van der Waals surface area contributed by atoms with Gasteiger partial charge in [-0.1, -0.05) is 20.8 Å². The predicted molar refractivity (Wildman–Crippen MR) is 222 cm³/mol. The van der Waals surface area contributed by atoms with Gasteiger partial charge >= 0.3 is 11.4 Å². The lowest BCUT2D eigenvalue weighted by molar-refractivity contribution is -0.384. The topological polar surface area (TPSA) is 353 Å². The molecule has 0 unspecified atom stereocenters. The fourth-order valence-corrected chi connectivity index (χ4v) is 7.24. The Bertz CT molecular complexity index is 3210. The number of nitrogens with one attached hydrogen (secondary N) is 4. The second-order valence-electron chi connectivity index (χ2n) is 14.9. The average Bonchev–Trinajstić information content (AvgIpc) is 3.83. The quantitative estimate of drug-likeness (QED) is 0.0637. The summed E-state index contributed by atoms with van der Waals surface area (Å²) in [6.45, 7) is 10.3. The Kier molecular flexibility index (Phi) is 12.1. The predicted octanol–water partition coefficient (Wildman–Crippen LogP) is 0.588. The van der Waals surface area contributed by atoms with Gasteiger partial charge in [0.1, 0.15) is 11.4 Å². The van der Waals surface area contributed by atoms with Crippen LogP contribution in [0.15, 0.2) is 68.5 Å². The number of aromatic nitrogens is 8. The highest BCUT2D eigenvalue weighted by Crippen LogP contribution is 2.37. The molecule has 4 heterocycles. The van der Waals surface area contributed by atoms with E-state index < -0.39 is 73.0 Å². The van der Waals surface area contributed by atoms with Crippen LogP contribution in [0.4, 0.5) is 11.4 Å². The van der Waals surface area contributed by atoms with Crippen molar-refractivity contribution in [2.75, 3.05) is 22.2 Å². The fourth-order valence-electron chi connectivity index (χ4n) is 5.30. The zero-order valence-corrected chi connectivity index (χ0v) is 35.8. The first-order valence-electron chi connectivity index (χ1n) is 17.3. The summed E-state index contributed by atoms with van der Waals surface area (Å²) < 4.78 is 55.1. The SMILES string of the molecule is CC(C)(C)[Si](C)(C)OCc1cn(-c2cc3c(=O)n(NS(C)(=O)=O)c(=O)[nH]c3cc2[N+](=O)[O-])cn1.CS(=O)(=O)Nn1c(=O)[nH]c2cc([N+](=O)[O-])c(-n3cnc(CO)c3)cc2c1=O. The summed E-state index contributed by atoms with van der Waals surface area (Å²) in [4.78, 5) is 87.5. The number of H-pyrrole nitrogens is 2. The highest BCUT2D eigenvalue weighted by molar-refractivity contribution is 7.91. The summed E-state index contributed by atoms with van der Waals surface area (Å²) in [6.07, 6.45) is 6.99. The number of aliphatic hydroxyl groups excluding tert-OH is 1. The molecule has 29 heteroatoms. The molecule has 61 heavy (non-hydrogen) atoms. The van der Waals surface area contributed by atoms with Crippen molar-refractivity contribution in [1.82, 2.24) is 38.4 Å². The molecule has 26 nitrogen and oxygen atoms in total. The van der Waals surface area contributed by atoms with Crippen LogP contribution < -0.4 is 32.2 Å². The largest absolute Gasteiger partial charge is 0.411 e. The molecule has 0 bridgehead atoms. The maximum atomic E-state index is 12.8. The minimum atomic E-state index is -3.94. The summed E-state index contributed by atoms with van der Waals surface area (Å²) >= 11 is 0. The molecule has 0 fully saturated rings. The molecule has 0 saturated carbocycles. The molecule has 2 aromatic carbocycles. The summed E-state index contributed by atoms with van der Waals surface area (Å²) in [5, 5.41) is 31.9. The smallest absolute Gasteiger partial charge is 0.348 e. The van der Waals surface area contributed by atoms with Crippen molar-refractivity contribution in [2.24, 2.45) is 0 Å². The molecule has 326 valence electrons. The van der Waals surface area contributed by atoms with Gasteiger partial charge in [0.05, 0.1) is 81.4 Å². The Morgan fingerprint density at radius 2 is 1.15 bits per heavy atom. The Labute approximate surface area is 343 Å². The molecular weight excluding hydrogens is 869 g/mol. The maximum absolute atomic E-state index is 12.8. The van der Waals surface area contributed by atoms with E-state index in [1.165, 1.54) is 34.1 Å². The van der Waals surface area contributed by atoms with Gasteiger partial charge in [-0.25, -0.2) is 46.1 Å². The lowest BCUT2D eigenvalue weighted by atomic mass is 10.2. The molecule has 0 aliphatic carbocycles. The van der Waals surface area contributed by atoms with E-state index in [1.807, 2.05) is 4.83 Å². The Hall–Kier alpha value is -6.82. The van der Waals surface area contributed by atoms with Gasteiger partial charge in [-0.2, -0.15) is 9.35 Å². The molecule has 6 aromatic rings. The Morgan fingerprint density at radius 1 is 0.754 bits per heavy atom. The molecule has 5 N–H and O–H groups in total. The number of imidazole rings is 2. The van der Waals surface area contributed by atoms with Crippen molar-refractivity contribution in [2.45, 2.75) is 52.1 Å². The van der Waals surface area contributed by atoms with Gasteiger partial charge in [-0.3, -0.25) is 39.0 Å². The van der Waals surface area contributed by atoms with Crippen molar-refractivity contribution < 1.29 is 36.2 Å². The molecule has 4 aromatic heterocycles. The van der Waals surface area contributed by atoms with Gasteiger partial charge < -0.3 is 19.5 Å². The number of aromatic amines is 2. The van der Waals surface area contributed by atoms with Gasteiger partial charge in [0.2, 0.25) is 20.0 Å². The van der Waals surface area contributed by atoms with E-state index in [4.69, 9.17) is 9.53 Å². The lowest BCUT2D eigenvalue weighted by Gasteiger charge is -2.35. The van der Waals surface area contributed by atoms with Gasteiger partial charge in [-0.15, -0.1) is 0 Å². The highest BCUT2D eigenvalue weighted by atomic mass is 32.2. The van der Waals surface area contributed by atoms with E-state index in [1.54, 1.807) is 11.0 Å². The van der Waals surface area contributed by atoms with Crippen LogP contribution in [0, 0.1) is 20.2 Å². The number of fused-ring (bicyclic) bond motifs is 2. The van der Waals surface area contributed by atoms with E-state index >= 15 is 0 Å². The Balaban J connectivity index is 0.000000237. The highest BCUT2D eigenvalue weighted by Gasteiger charge is 2.37. The van der Waals surface area contributed by atoms with Crippen LogP contribution in [-0.4, -0.2) is 91.0 Å². The first kappa shape index (κ1) is 45.3. The van der Waals surface area contributed by atoms with Crippen LogP contribution in [0.3, 0.4) is 0 Å². The zero-order chi connectivity index (χ0) is 45.6. The van der Waals surface area contributed by atoms with Crippen molar-refractivity contribution in [1.29, 1.82) is 0 Å². The number of nitrogens with zero attached hydrogens (tertiary/aromatic N) is 8. The summed E-state index contributed by atoms with van der Waals surface area (Å²) in [7, 11) is -9.93. The second-order valence-corrected chi connectivity index (χ2v) is 23.2. The molecule has 0 aliphatic heterocycles. The molecule has 0 radical (unpaired) electrons. The minimum Gasteiger partial charge on any atom is -0.411 e. The minimum absolute atomic E-state index is 0.0104. The summed E-state index contributed by atoms with van der Waals surface area (Å²) in [5.41, 5.74) is -4.54. The standard InChI is InChI=1S/C19H26N6O7SSi.C13H12N6O7S/c1-19(2,3)34(5,6)32-10-12-9-23(11-20-12)15-7-13-14(8-16(15)25(28)29)21-18(27)24(17(13)26)22-33(4,30)31;1-27(25,26)16-18-12(21)8-2-10(17-4-7(5-20)14-6-17)11(19(23)24)3-9(8)15-13(18)22/h7-9,11,22H,10H2,1-6H3,(H,21,27);2-4,6,16,20H,5H2,1H3,(H,15,22). The molecule has 0 aliphatic rings. The van der Waals surface area contributed by atoms with Crippen molar-refractivity contribution >= 4 is 61.5 Å². The van der Waals surface area contributed by atoms with Crippen LogP contribution in [0.2, 0.25) is 18.1 Å². The Morgan fingerprint density at radius 3 is 1.49 bits per heavy atom. The number of hydrogen-bond donors (Lipinski definition) is 5. The van der Waals surface area contributed by atoms with Crippen molar-refractivity contribution in [3.8, 4) is 11.4 Å². The van der Waals surface area contributed by atoms with Gasteiger partial charge in [0.15, 0.2) is 8.32 Å². The molecular formula is C32H38N12O14S2Si. The monoisotopic (exact) mass is 906 g/mol. The van der Waals surface area contributed by atoms with Gasteiger partial charge in [0, 0.05) is 24.5 Å². The molecule has 0 amide bonds. The van der Waals surface area contributed by atoms with Crippen LogP contribution in [0.25, 0.3) is 33.2 Å². The number of rotatable bonds is 12. The van der Waals surface area contributed by atoms with Gasteiger partial charge in [0.25, 0.3) is 22.5 Å². The van der Waals surface area contributed by atoms with Gasteiger partial charge in [-0.05, 0) is 30.3 Å². The van der Waals surface area contributed by atoms with Crippen LogP contribution >= 0.6 is 0 Å². The molecule has 0 saturated heterocycles. The van der Waals surface area contributed by atoms with E-state index in [0.717, 1.165) is 30.7 Å². The summed E-state index contributed by atoms with van der Waals surface area (Å²) in [5.74, 6) is 0. The number of aliphatic hydroxyl groups is 1. The number of benzene rings is 2. The fraction of sp³-hybridized carbons (Fsp3) is 0.312. The van der Waals surface area contributed by atoms with E-state index in [-0.39, 0.29) is 60.9 Å². The van der Waals surface area contributed by atoms with E-state index in [0.29, 0.717) is 10.4 Å². The van der Waals surface area contributed by atoms with Crippen LogP contribution in [0.5, 0.6) is 0 Å². The van der Waals surface area contributed by atoms with Crippen molar-refractivity contribution in [3.63, 3.8) is 0 Å². The van der Waals surface area contributed by atoms with Crippen molar-refractivity contribution in [3.05, 3.63) is 123 Å². The summed E-state index contributed by atoms with van der Waals surface area (Å²) in [6, 6.07) is 4.35. The van der Waals surface area contributed by atoms with Crippen LogP contribution in [0.1, 0.15) is 32.2 Å². The number of nitro groups is 2. The van der Waals surface area contributed by atoms with Crippen LogP contribution in [-0.2, 0) is 37.7 Å². The first-order chi connectivity index (χ1) is 28.1. The molecule has 0 atom stereocenters. The number of sulfonamides is 2. The third kappa shape index (κ3) is 9.97. The third-order valence-corrected chi connectivity index (χ3v) is 14.8. The van der Waals surface area contributed by atoms with E-state index in [2.05, 4.69) is 53.8 Å². The van der Waals surface area contributed by atoms with E-state index in [9.17, 15) is 56.2 Å². The average molecular weight is 907 g/mol. The zero-order valence-electron chi connectivity index (χ0n) is 33.2. The number of hydrogen-bond acceptors (Lipinski definition) is 16. The third-order valence-electron chi connectivity index (χ3n) is 9.27. The second kappa shape index (κ2) is 16.3. The number of nitro benzene ring substituents is 2. The maximum Gasteiger partial charge on any atom is 0.348 e.